The Morgan fingerprint density at radius 2 is 2.06 bits per heavy atom. The molecule has 0 atom stereocenters. The van der Waals surface area contributed by atoms with E-state index in [-0.39, 0.29) is 24.0 Å². The van der Waals surface area contributed by atoms with E-state index in [1.54, 1.807) is 30.3 Å². The quantitative estimate of drug-likeness (QED) is 0.366. The first-order chi connectivity index (χ1) is 14.9. The lowest BCUT2D eigenvalue weighted by Crippen LogP contribution is -2.19. The molecule has 1 aromatic heterocycles. The maximum absolute atomic E-state index is 12.3. The molecule has 0 saturated carbocycles. The Hall–Kier alpha value is -3.79. The molecule has 2 amide bonds. The van der Waals surface area contributed by atoms with E-state index < -0.39 is 0 Å². The molecule has 10 heteroatoms. The second-order valence-electron chi connectivity index (χ2n) is 6.45. The van der Waals surface area contributed by atoms with Crippen LogP contribution in [-0.2, 0) is 11.2 Å². The van der Waals surface area contributed by atoms with Gasteiger partial charge in [-0.25, -0.2) is 5.43 Å². The Morgan fingerprint density at radius 1 is 1.23 bits per heavy atom. The van der Waals surface area contributed by atoms with Crippen molar-refractivity contribution in [2.75, 3.05) is 11.9 Å². The highest BCUT2D eigenvalue weighted by Crippen LogP contribution is 2.26. The summed E-state index contributed by atoms with van der Waals surface area (Å²) in [5, 5.41) is 25.0. The second-order valence-corrected chi connectivity index (χ2v) is 7.52. The number of nitrogens with zero attached hydrogens (tertiary/aromatic N) is 3. The summed E-state index contributed by atoms with van der Waals surface area (Å²) in [5.41, 5.74) is 4.48. The number of aryl methyl sites for hydroxylation is 1. The Kier molecular flexibility index (Phi) is 7.28. The van der Waals surface area contributed by atoms with Crippen LogP contribution in [0, 0.1) is 6.92 Å². The number of hydrogen-bond acceptors (Lipinski definition) is 8. The van der Waals surface area contributed by atoms with E-state index in [1.165, 1.54) is 12.3 Å². The molecule has 9 nitrogen and oxygen atoms in total. The summed E-state index contributed by atoms with van der Waals surface area (Å²) < 4.78 is 5.25. The van der Waals surface area contributed by atoms with Gasteiger partial charge in [-0.05, 0) is 49.7 Å². The van der Waals surface area contributed by atoms with E-state index in [1.807, 2.05) is 19.9 Å². The zero-order chi connectivity index (χ0) is 22.2. The molecule has 0 saturated heterocycles. The third-order valence-corrected chi connectivity index (χ3v) is 4.80. The Labute approximate surface area is 182 Å². The number of hydrazone groups is 1. The summed E-state index contributed by atoms with van der Waals surface area (Å²) in [5.74, 6) is -0.311. The summed E-state index contributed by atoms with van der Waals surface area (Å²) >= 11 is 1.11. The minimum atomic E-state index is -0.390. The predicted octanol–water partition coefficient (Wildman–Crippen LogP) is 2.90. The summed E-state index contributed by atoms with van der Waals surface area (Å²) in [6.07, 6.45) is 1.37. The van der Waals surface area contributed by atoms with E-state index in [4.69, 9.17) is 4.74 Å². The number of hydrogen-bond donors (Lipinski definition) is 3. The largest absolute Gasteiger partial charge is 0.504 e. The van der Waals surface area contributed by atoms with Gasteiger partial charge in [0.25, 0.3) is 5.91 Å². The first kappa shape index (κ1) is 21.9. The van der Waals surface area contributed by atoms with Crippen LogP contribution in [0.3, 0.4) is 0 Å². The summed E-state index contributed by atoms with van der Waals surface area (Å²) in [6.45, 7) is 4.17. The third kappa shape index (κ3) is 6.34. The molecule has 2 aromatic carbocycles. The number of ether oxygens (including phenoxy) is 1. The van der Waals surface area contributed by atoms with E-state index in [0.717, 1.165) is 16.9 Å². The van der Waals surface area contributed by atoms with Crippen molar-refractivity contribution in [2.45, 2.75) is 20.3 Å². The van der Waals surface area contributed by atoms with Crippen LogP contribution in [0.2, 0.25) is 0 Å². The van der Waals surface area contributed by atoms with Gasteiger partial charge in [0, 0.05) is 5.56 Å². The smallest absolute Gasteiger partial charge is 0.257 e. The number of nitrogens with one attached hydrogen (secondary N) is 2. The van der Waals surface area contributed by atoms with Crippen LogP contribution in [0.4, 0.5) is 5.13 Å². The highest BCUT2D eigenvalue weighted by molar-refractivity contribution is 7.15. The van der Waals surface area contributed by atoms with Crippen molar-refractivity contribution in [3.8, 4) is 11.5 Å². The normalized spacial score (nSPS) is 10.8. The van der Waals surface area contributed by atoms with Gasteiger partial charge in [0.15, 0.2) is 11.5 Å². The number of aromatic nitrogens is 2. The molecule has 0 aliphatic heterocycles. The highest BCUT2D eigenvalue weighted by atomic mass is 32.1. The minimum absolute atomic E-state index is 0.00812. The predicted molar refractivity (Wildman–Crippen MR) is 118 cm³/mol. The number of carbonyl (C=O) groups excluding carboxylic acids is 2. The van der Waals surface area contributed by atoms with E-state index in [0.29, 0.717) is 33.6 Å². The van der Waals surface area contributed by atoms with Gasteiger partial charge in [-0.2, -0.15) is 5.10 Å². The lowest BCUT2D eigenvalue weighted by molar-refractivity contribution is -0.120. The number of phenolic OH excluding ortho intramolecular Hbond substituents is 1. The van der Waals surface area contributed by atoms with E-state index >= 15 is 0 Å². The highest BCUT2D eigenvalue weighted by Gasteiger charge is 2.12. The minimum Gasteiger partial charge on any atom is -0.504 e. The van der Waals surface area contributed by atoms with Crippen molar-refractivity contribution in [1.82, 2.24) is 15.6 Å². The zero-order valence-electron chi connectivity index (χ0n) is 17.0. The van der Waals surface area contributed by atoms with Gasteiger partial charge in [-0.1, -0.05) is 29.0 Å². The molecule has 0 aliphatic carbocycles. The maximum Gasteiger partial charge on any atom is 0.257 e. The SMILES string of the molecule is CCOc1ccc(/C=N/NC(=O)Cc2nnc(NC(=O)c3cccc(C)c3)s2)cc1O. The molecule has 0 spiro atoms. The fraction of sp³-hybridized carbons (Fsp3) is 0.190. The van der Waals surface area contributed by atoms with Crippen molar-refractivity contribution in [2.24, 2.45) is 5.10 Å². The monoisotopic (exact) mass is 439 g/mol. The fourth-order valence-electron chi connectivity index (χ4n) is 2.58. The number of anilines is 1. The number of phenols is 1. The molecular formula is C21H21N5O4S. The van der Waals surface area contributed by atoms with Crippen molar-refractivity contribution in [1.29, 1.82) is 0 Å². The number of aromatic hydroxyl groups is 1. The van der Waals surface area contributed by atoms with Crippen LogP contribution < -0.4 is 15.5 Å². The summed E-state index contributed by atoms with van der Waals surface area (Å²) in [4.78, 5) is 24.3. The zero-order valence-corrected chi connectivity index (χ0v) is 17.8. The fourth-order valence-corrected chi connectivity index (χ4v) is 3.31. The number of amides is 2. The maximum atomic E-state index is 12.3. The molecule has 160 valence electrons. The van der Waals surface area contributed by atoms with Gasteiger partial charge in [0.1, 0.15) is 5.01 Å². The second kappa shape index (κ2) is 10.3. The van der Waals surface area contributed by atoms with Crippen LogP contribution in [0.1, 0.15) is 33.4 Å². The summed E-state index contributed by atoms with van der Waals surface area (Å²) in [6, 6.07) is 12.0. The van der Waals surface area contributed by atoms with Gasteiger partial charge < -0.3 is 9.84 Å². The van der Waals surface area contributed by atoms with E-state index in [9.17, 15) is 14.7 Å². The number of rotatable bonds is 8. The van der Waals surface area contributed by atoms with Crippen molar-refractivity contribution in [3.05, 3.63) is 64.2 Å². The molecule has 31 heavy (non-hydrogen) atoms. The van der Waals surface area contributed by atoms with Crippen LogP contribution in [0.5, 0.6) is 11.5 Å². The van der Waals surface area contributed by atoms with Crippen LogP contribution in [-0.4, -0.2) is 39.9 Å². The molecule has 0 aliphatic rings. The lowest BCUT2D eigenvalue weighted by Gasteiger charge is -2.05. The van der Waals surface area contributed by atoms with Gasteiger partial charge in [0.2, 0.25) is 11.0 Å². The first-order valence-corrected chi connectivity index (χ1v) is 10.2. The van der Waals surface area contributed by atoms with E-state index in [2.05, 4.69) is 26.0 Å². The van der Waals surface area contributed by atoms with Crippen molar-refractivity contribution in [3.63, 3.8) is 0 Å². The van der Waals surface area contributed by atoms with Crippen molar-refractivity contribution < 1.29 is 19.4 Å². The molecule has 1 heterocycles. The average molecular weight is 439 g/mol. The molecule has 3 N–H and O–H groups in total. The third-order valence-electron chi connectivity index (χ3n) is 3.97. The Bertz CT molecular complexity index is 1110. The Morgan fingerprint density at radius 3 is 2.81 bits per heavy atom. The molecule has 0 unspecified atom stereocenters. The number of carbonyl (C=O) groups is 2. The van der Waals surface area contributed by atoms with Crippen LogP contribution in [0.25, 0.3) is 0 Å². The topological polar surface area (TPSA) is 126 Å². The molecular weight excluding hydrogens is 418 g/mol. The molecule has 0 bridgehead atoms. The molecule has 3 aromatic rings. The molecule has 3 rings (SSSR count). The van der Waals surface area contributed by atoms with Crippen LogP contribution in [0.15, 0.2) is 47.6 Å². The lowest BCUT2D eigenvalue weighted by atomic mass is 10.1. The summed E-state index contributed by atoms with van der Waals surface area (Å²) in [7, 11) is 0. The average Bonchev–Trinajstić information content (AvgIpc) is 3.16. The van der Waals surface area contributed by atoms with Gasteiger partial charge in [0.05, 0.1) is 19.2 Å². The Balaban J connectivity index is 1.51. The van der Waals surface area contributed by atoms with Crippen molar-refractivity contribution >= 4 is 34.5 Å². The first-order valence-electron chi connectivity index (χ1n) is 9.42. The van der Waals surface area contributed by atoms with Crippen LogP contribution >= 0.6 is 11.3 Å². The number of benzene rings is 2. The van der Waals surface area contributed by atoms with Gasteiger partial charge in [-0.3, -0.25) is 14.9 Å². The standard InChI is InChI=1S/C21H21N5O4S/c1-3-30-17-8-7-14(10-16(17)27)12-22-24-18(28)11-19-25-26-21(31-19)23-20(29)15-6-4-5-13(2)9-15/h4-10,12,27H,3,11H2,1-2H3,(H,24,28)(H,23,26,29)/b22-12+. The van der Waals surface area contributed by atoms with Gasteiger partial charge >= 0.3 is 0 Å². The molecule has 0 fully saturated rings. The van der Waals surface area contributed by atoms with Gasteiger partial charge in [-0.15, -0.1) is 10.2 Å². The molecule has 0 radical (unpaired) electrons.